The zero-order chi connectivity index (χ0) is 22.2. The van der Waals surface area contributed by atoms with Crippen LogP contribution in [0.2, 0.25) is 0 Å². The van der Waals surface area contributed by atoms with Crippen LogP contribution in [0.25, 0.3) is 0 Å². The van der Waals surface area contributed by atoms with Crippen molar-refractivity contribution in [2.45, 2.75) is 33.3 Å². The van der Waals surface area contributed by atoms with E-state index in [0.717, 1.165) is 37.6 Å². The van der Waals surface area contributed by atoms with Crippen molar-refractivity contribution in [3.63, 3.8) is 0 Å². The first-order valence-electron chi connectivity index (χ1n) is 11.0. The minimum Gasteiger partial charge on any atom is -0.370 e. The number of nitrogens with one attached hydrogen (secondary N) is 2. The van der Waals surface area contributed by atoms with Crippen LogP contribution in [0.15, 0.2) is 47.5 Å². The molecule has 6 nitrogen and oxygen atoms in total. The molecule has 0 saturated carbocycles. The number of carbonyl (C=O) groups is 1. The highest BCUT2D eigenvalue weighted by Crippen LogP contribution is 2.26. The van der Waals surface area contributed by atoms with E-state index < -0.39 is 0 Å². The molecule has 0 radical (unpaired) electrons. The molecule has 1 saturated heterocycles. The molecule has 1 atom stereocenters. The number of carbonyl (C=O) groups excluding carboxylic acids is 1. The lowest BCUT2D eigenvalue weighted by atomic mass is 10.00. The van der Waals surface area contributed by atoms with Crippen molar-refractivity contribution in [1.82, 2.24) is 15.5 Å². The summed E-state index contributed by atoms with van der Waals surface area (Å²) in [6, 6.07) is 14.3. The van der Waals surface area contributed by atoms with Gasteiger partial charge in [-0.25, -0.2) is 0 Å². The van der Waals surface area contributed by atoms with Crippen LogP contribution < -0.4 is 10.6 Å². The summed E-state index contributed by atoms with van der Waals surface area (Å²) in [5.41, 5.74) is 5.57. The molecule has 1 unspecified atom stereocenters. The third kappa shape index (κ3) is 6.93. The lowest BCUT2D eigenvalue weighted by Crippen LogP contribution is -2.48. The molecule has 1 aliphatic rings. The van der Waals surface area contributed by atoms with Crippen molar-refractivity contribution in [1.29, 1.82) is 0 Å². The number of halogens is 1. The summed E-state index contributed by atoms with van der Waals surface area (Å²) in [5, 5.41) is 6.10. The second-order valence-corrected chi connectivity index (χ2v) is 7.93. The Balaban J connectivity index is 0.00000363. The second-order valence-electron chi connectivity index (χ2n) is 7.93. The molecule has 1 amide bonds. The van der Waals surface area contributed by atoms with Crippen molar-refractivity contribution in [3.8, 4) is 0 Å². The number of guanidine groups is 1. The van der Waals surface area contributed by atoms with Gasteiger partial charge < -0.3 is 20.3 Å². The molecule has 0 aliphatic carbocycles. The molecule has 1 fully saturated rings. The first-order valence-corrected chi connectivity index (χ1v) is 11.0. The molecule has 7 heteroatoms. The van der Waals surface area contributed by atoms with Crippen LogP contribution in [0, 0.1) is 13.8 Å². The van der Waals surface area contributed by atoms with Gasteiger partial charge in [-0.05, 0) is 56.0 Å². The number of hydrogen-bond donors (Lipinski definition) is 2. The lowest BCUT2D eigenvalue weighted by Gasteiger charge is -2.36. The van der Waals surface area contributed by atoms with Gasteiger partial charge in [0, 0.05) is 32.2 Å². The molecule has 0 aromatic heterocycles. The number of morpholine rings is 1. The highest BCUT2D eigenvalue weighted by molar-refractivity contribution is 14.0. The minimum absolute atomic E-state index is 0. The van der Waals surface area contributed by atoms with E-state index in [0.29, 0.717) is 18.7 Å². The standard InChI is InChI=1S/C25H34N4O2.HI/c1-5-27-25(28-12-11-20-7-6-8-21(16-20)24(30)26-4)29-13-14-31-23(17-29)22-10-9-18(2)15-19(22)3;/h6-10,15-16,23H,5,11-14,17H2,1-4H3,(H,26,30)(H,27,28);1H. The number of nitrogens with zero attached hydrogens (tertiary/aromatic N) is 2. The van der Waals surface area contributed by atoms with Gasteiger partial charge in [-0.2, -0.15) is 0 Å². The van der Waals surface area contributed by atoms with Crippen LogP contribution >= 0.6 is 24.0 Å². The maximum absolute atomic E-state index is 11.9. The summed E-state index contributed by atoms with van der Waals surface area (Å²) in [5.74, 6) is 0.854. The summed E-state index contributed by atoms with van der Waals surface area (Å²) in [7, 11) is 1.65. The van der Waals surface area contributed by atoms with Crippen LogP contribution in [0.1, 0.15) is 45.6 Å². The van der Waals surface area contributed by atoms with E-state index in [1.54, 1.807) is 7.05 Å². The van der Waals surface area contributed by atoms with Gasteiger partial charge in [0.25, 0.3) is 5.91 Å². The zero-order valence-electron chi connectivity index (χ0n) is 19.5. The van der Waals surface area contributed by atoms with Gasteiger partial charge in [0.05, 0.1) is 13.2 Å². The summed E-state index contributed by atoms with van der Waals surface area (Å²) >= 11 is 0. The topological polar surface area (TPSA) is 66.0 Å². The van der Waals surface area contributed by atoms with Crippen LogP contribution in [0.5, 0.6) is 0 Å². The molecular formula is C25H35IN4O2. The number of hydrogen-bond acceptors (Lipinski definition) is 3. The monoisotopic (exact) mass is 550 g/mol. The van der Waals surface area contributed by atoms with Crippen LogP contribution in [-0.4, -0.2) is 56.6 Å². The van der Waals surface area contributed by atoms with E-state index in [4.69, 9.17) is 9.73 Å². The second kappa shape index (κ2) is 12.8. The smallest absolute Gasteiger partial charge is 0.251 e. The Morgan fingerprint density at radius 1 is 1.22 bits per heavy atom. The Morgan fingerprint density at radius 3 is 2.75 bits per heavy atom. The van der Waals surface area contributed by atoms with E-state index in [-0.39, 0.29) is 36.0 Å². The first kappa shape index (κ1) is 26.1. The van der Waals surface area contributed by atoms with Crippen LogP contribution in [0.4, 0.5) is 0 Å². The maximum Gasteiger partial charge on any atom is 0.251 e. The van der Waals surface area contributed by atoms with Gasteiger partial charge in [0.2, 0.25) is 0 Å². The van der Waals surface area contributed by atoms with Gasteiger partial charge in [0.1, 0.15) is 6.10 Å². The summed E-state index contributed by atoms with van der Waals surface area (Å²) in [4.78, 5) is 19.0. The van der Waals surface area contributed by atoms with Crippen molar-refractivity contribution < 1.29 is 9.53 Å². The molecule has 32 heavy (non-hydrogen) atoms. The van der Waals surface area contributed by atoms with Crippen molar-refractivity contribution >= 4 is 35.8 Å². The molecule has 2 aromatic carbocycles. The van der Waals surface area contributed by atoms with Crippen molar-refractivity contribution in [2.75, 3.05) is 39.8 Å². The van der Waals surface area contributed by atoms with Crippen LogP contribution in [0.3, 0.4) is 0 Å². The molecule has 0 bridgehead atoms. The van der Waals surface area contributed by atoms with Gasteiger partial charge >= 0.3 is 0 Å². The van der Waals surface area contributed by atoms with Gasteiger partial charge in [-0.15, -0.1) is 24.0 Å². The molecule has 174 valence electrons. The average molecular weight is 550 g/mol. The van der Waals surface area contributed by atoms with Crippen molar-refractivity contribution in [3.05, 3.63) is 70.3 Å². The van der Waals surface area contributed by atoms with Gasteiger partial charge in [-0.1, -0.05) is 35.9 Å². The minimum atomic E-state index is -0.0653. The fourth-order valence-electron chi connectivity index (χ4n) is 3.95. The predicted octanol–water partition coefficient (Wildman–Crippen LogP) is 3.86. The van der Waals surface area contributed by atoms with E-state index >= 15 is 0 Å². The number of aryl methyl sites for hydroxylation is 2. The lowest BCUT2D eigenvalue weighted by molar-refractivity contribution is -0.00833. The first-order chi connectivity index (χ1) is 15.0. The average Bonchev–Trinajstić information content (AvgIpc) is 2.78. The number of aliphatic imine (C=N–C) groups is 1. The maximum atomic E-state index is 11.9. The molecule has 3 rings (SSSR count). The number of benzene rings is 2. The van der Waals surface area contributed by atoms with E-state index in [9.17, 15) is 4.79 Å². The van der Waals surface area contributed by atoms with Gasteiger partial charge in [0.15, 0.2) is 5.96 Å². The van der Waals surface area contributed by atoms with E-state index in [1.807, 2.05) is 24.3 Å². The number of ether oxygens (including phenoxy) is 1. The summed E-state index contributed by atoms with van der Waals surface area (Å²) in [6.07, 6.45) is 0.826. The van der Waals surface area contributed by atoms with Gasteiger partial charge in [-0.3, -0.25) is 9.79 Å². The normalized spacial score (nSPS) is 16.3. The Bertz CT molecular complexity index is 932. The molecule has 2 N–H and O–H groups in total. The zero-order valence-corrected chi connectivity index (χ0v) is 21.8. The van der Waals surface area contributed by atoms with E-state index in [1.165, 1.54) is 16.7 Å². The SMILES string of the molecule is CCNC(=NCCc1cccc(C(=O)NC)c1)N1CCOC(c2ccc(C)cc2C)C1.I. The predicted molar refractivity (Wildman–Crippen MR) is 141 cm³/mol. The quantitative estimate of drug-likeness (QED) is 0.326. The van der Waals surface area contributed by atoms with Crippen LogP contribution in [-0.2, 0) is 11.2 Å². The Morgan fingerprint density at radius 2 is 2.03 bits per heavy atom. The fraction of sp³-hybridized carbons (Fsp3) is 0.440. The largest absolute Gasteiger partial charge is 0.370 e. The third-order valence-electron chi connectivity index (χ3n) is 5.55. The molecular weight excluding hydrogens is 515 g/mol. The molecule has 0 spiro atoms. The molecule has 1 aliphatic heterocycles. The third-order valence-corrected chi connectivity index (χ3v) is 5.55. The fourth-order valence-corrected chi connectivity index (χ4v) is 3.95. The Hall–Kier alpha value is -2.13. The summed E-state index contributed by atoms with van der Waals surface area (Å²) < 4.78 is 6.10. The molecule has 2 aromatic rings. The Labute approximate surface area is 208 Å². The number of rotatable bonds is 6. The molecule has 1 heterocycles. The highest BCUT2D eigenvalue weighted by atomic mass is 127. The highest BCUT2D eigenvalue weighted by Gasteiger charge is 2.25. The van der Waals surface area contributed by atoms with E-state index in [2.05, 4.69) is 54.5 Å². The Kier molecular flexibility index (Phi) is 10.4. The summed E-state index contributed by atoms with van der Waals surface area (Å²) in [6.45, 7) is 10.1. The number of amides is 1. The van der Waals surface area contributed by atoms with Crippen molar-refractivity contribution in [2.24, 2.45) is 4.99 Å².